The van der Waals surface area contributed by atoms with E-state index >= 15 is 0 Å². The maximum atomic E-state index is 11.6. The number of hydrogen-bond donors (Lipinski definition) is 1. The van der Waals surface area contributed by atoms with Crippen LogP contribution >= 0.6 is 0 Å². The molecule has 0 unspecified atom stereocenters. The summed E-state index contributed by atoms with van der Waals surface area (Å²) in [6, 6.07) is 11.3. The molecule has 2 N–H and O–H groups in total. The number of hydrogen-bond acceptors (Lipinski definition) is 3. The van der Waals surface area contributed by atoms with E-state index in [-0.39, 0.29) is 12.0 Å². The summed E-state index contributed by atoms with van der Waals surface area (Å²) >= 11 is 0. The van der Waals surface area contributed by atoms with E-state index in [1.807, 2.05) is 36.4 Å². The zero-order valence-corrected chi connectivity index (χ0v) is 10.8. The van der Waals surface area contributed by atoms with Crippen molar-refractivity contribution in [2.45, 2.75) is 6.04 Å². The molecule has 2 aromatic carbocycles. The molecule has 20 heavy (non-hydrogen) atoms. The topological polar surface area (TPSA) is 64.8 Å². The van der Waals surface area contributed by atoms with E-state index in [2.05, 4.69) is 0 Å². The summed E-state index contributed by atoms with van der Waals surface area (Å²) in [4.78, 5) is 17.0. The van der Waals surface area contributed by atoms with Crippen LogP contribution in [0.2, 0.25) is 0 Å². The summed E-state index contributed by atoms with van der Waals surface area (Å²) in [5.41, 5.74) is 6.42. The highest BCUT2D eigenvalue weighted by Crippen LogP contribution is 2.46. The third-order valence-electron chi connectivity index (χ3n) is 4.02. The summed E-state index contributed by atoms with van der Waals surface area (Å²) < 4.78 is 5.81. The van der Waals surface area contributed by atoms with Crippen LogP contribution in [0, 0.1) is 5.92 Å². The number of hydroxylamine groups is 2. The first-order valence-corrected chi connectivity index (χ1v) is 6.62. The molecular formula is C15H14N2O3. The molecule has 0 aromatic heterocycles. The highest BCUT2D eigenvalue weighted by Gasteiger charge is 2.44. The van der Waals surface area contributed by atoms with Gasteiger partial charge in [-0.15, -0.1) is 0 Å². The van der Waals surface area contributed by atoms with Gasteiger partial charge < -0.3 is 10.5 Å². The first-order chi connectivity index (χ1) is 9.75. The summed E-state index contributed by atoms with van der Waals surface area (Å²) in [7, 11) is 0. The van der Waals surface area contributed by atoms with Crippen molar-refractivity contribution in [2.75, 3.05) is 13.2 Å². The van der Waals surface area contributed by atoms with Crippen molar-refractivity contribution in [3.63, 3.8) is 0 Å². The zero-order chi connectivity index (χ0) is 13.7. The minimum absolute atomic E-state index is 0.126. The number of nitrogens with two attached hydrogens (primary N) is 1. The van der Waals surface area contributed by atoms with E-state index in [4.69, 9.17) is 15.3 Å². The highest BCUT2D eigenvalue weighted by molar-refractivity contribution is 5.89. The number of rotatable bonds is 0. The van der Waals surface area contributed by atoms with Crippen molar-refractivity contribution in [1.82, 2.24) is 5.06 Å². The van der Waals surface area contributed by atoms with Crippen molar-refractivity contribution < 1.29 is 14.4 Å². The standard InChI is InChI=1S/C15H14N2O3/c16-15(18)17-14-10(8-20-17)7-19-12-6-5-9-3-1-2-4-11(9)13(12)14/h1-6,10,14H,7-8H2,(H2,16,18)/t10-,14-/m0/s1. The molecule has 2 atom stereocenters. The number of primary amides is 1. The number of carbonyl (C=O) groups excluding carboxylic acids is 1. The first kappa shape index (κ1) is 11.5. The van der Waals surface area contributed by atoms with E-state index in [0.29, 0.717) is 13.2 Å². The van der Waals surface area contributed by atoms with Gasteiger partial charge in [0.25, 0.3) is 0 Å². The molecule has 0 radical (unpaired) electrons. The second kappa shape index (κ2) is 4.11. The summed E-state index contributed by atoms with van der Waals surface area (Å²) in [6.45, 7) is 0.996. The Balaban J connectivity index is 1.97. The van der Waals surface area contributed by atoms with Gasteiger partial charge in [0.05, 0.1) is 19.3 Å². The van der Waals surface area contributed by atoms with Crippen LogP contribution < -0.4 is 10.5 Å². The molecule has 2 heterocycles. The van der Waals surface area contributed by atoms with Gasteiger partial charge in [0, 0.05) is 11.5 Å². The van der Waals surface area contributed by atoms with Crippen LogP contribution in [0.3, 0.4) is 0 Å². The highest BCUT2D eigenvalue weighted by atomic mass is 16.7. The maximum absolute atomic E-state index is 11.6. The fraction of sp³-hybridized carbons (Fsp3) is 0.267. The quantitative estimate of drug-likeness (QED) is 0.798. The number of fused-ring (bicyclic) bond motifs is 5. The lowest BCUT2D eigenvalue weighted by atomic mass is 9.88. The maximum Gasteiger partial charge on any atom is 0.339 e. The SMILES string of the molecule is NC(=O)N1OC[C@@H]2COc3ccc4ccccc4c3[C@H]21. The Morgan fingerprint density at radius 1 is 1.20 bits per heavy atom. The number of amides is 2. The Bertz CT molecular complexity index is 701. The number of nitrogens with zero attached hydrogens (tertiary/aromatic N) is 1. The molecule has 102 valence electrons. The Morgan fingerprint density at radius 2 is 2.05 bits per heavy atom. The average Bonchev–Trinajstić information content (AvgIpc) is 2.91. The van der Waals surface area contributed by atoms with Crippen molar-refractivity contribution in [3.05, 3.63) is 42.0 Å². The number of benzene rings is 2. The zero-order valence-electron chi connectivity index (χ0n) is 10.8. The lowest BCUT2D eigenvalue weighted by Gasteiger charge is -2.31. The normalized spacial score (nSPS) is 24.1. The van der Waals surface area contributed by atoms with Gasteiger partial charge in [0.15, 0.2) is 0 Å². The van der Waals surface area contributed by atoms with Crippen LogP contribution in [0.25, 0.3) is 10.8 Å². The van der Waals surface area contributed by atoms with E-state index in [0.717, 1.165) is 22.1 Å². The van der Waals surface area contributed by atoms with Gasteiger partial charge in [-0.1, -0.05) is 30.3 Å². The van der Waals surface area contributed by atoms with Gasteiger partial charge in [0.1, 0.15) is 5.75 Å². The second-order valence-electron chi connectivity index (χ2n) is 5.17. The minimum Gasteiger partial charge on any atom is -0.493 e. The third-order valence-corrected chi connectivity index (χ3v) is 4.02. The average molecular weight is 270 g/mol. The Kier molecular flexibility index (Phi) is 2.37. The lowest BCUT2D eigenvalue weighted by molar-refractivity contribution is -0.0847. The monoisotopic (exact) mass is 270 g/mol. The molecule has 2 amide bonds. The summed E-state index contributed by atoms with van der Waals surface area (Å²) in [5.74, 6) is 0.933. The van der Waals surface area contributed by atoms with Crippen LogP contribution in [0.15, 0.2) is 36.4 Å². The summed E-state index contributed by atoms with van der Waals surface area (Å²) in [6.07, 6.45) is 0. The van der Waals surface area contributed by atoms with Crippen molar-refractivity contribution in [1.29, 1.82) is 0 Å². The predicted molar refractivity (Wildman–Crippen MR) is 73.0 cm³/mol. The van der Waals surface area contributed by atoms with Crippen LogP contribution in [0.4, 0.5) is 4.79 Å². The van der Waals surface area contributed by atoms with Crippen LogP contribution in [-0.2, 0) is 4.84 Å². The predicted octanol–water partition coefficient (Wildman–Crippen LogP) is 2.22. The van der Waals surface area contributed by atoms with E-state index in [1.165, 1.54) is 5.06 Å². The second-order valence-corrected chi connectivity index (χ2v) is 5.17. The Labute approximate surface area is 115 Å². The Morgan fingerprint density at radius 3 is 2.90 bits per heavy atom. The van der Waals surface area contributed by atoms with Crippen LogP contribution in [0.1, 0.15) is 11.6 Å². The van der Waals surface area contributed by atoms with E-state index in [9.17, 15) is 4.79 Å². The smallest absolute Gasteiger partial charge is 0.339 e. The fourth-order valence-corrected chi connectivity index (χ4v) is 3.14. The van der Waals surface area contributed by atoms with Gasteiger partial charge in [-0.05, 0) is 16.8 Å². The molecule has 0 bridgehead atoms. The Hall–Kier alpha value is -2.27. The molecule has 1 saturated heterocycles. The van der Waals surface area contributed by atoms with Gasteiger partial charge in [-0.25, -0.2) is 4.79 Å². The minimum atomic E-state index is -0.557. The molecule has 2 aliphatic rings. The molecule has 0 aliphatic carbocycles. The molecular weight excluding hydrogens is 256 g/mol. The number of ether oxygens (including phenoxy) is 1. The number of carbonyl (C=O) groups is 1. The molecule has 4 rings (SSSR count). The molecule has 2 aliphatic heterocycles. The van der Waals surface area contributed by atoms with Gasteiger partial charge >= 0.3 is 6.03 Å². The van der Waals surface area contributed by atoms with Crippen molar-refractivity contribution in [2.24, 2.45) is 11.7 Å². The molecule has 5 nitrogen and oxygen atoms in total. The third kappa shape index (κ3) is 1.50. The molecule has 1 fully saturated rings. The van der Waals surface area contributed by atoms with Crippen molar-refractivity contribution in [3.8, 4) is 5.75 Å². The summed E-state index contributed by atoms with van der Waals surface area (Å²) in [5, 5.41) is 3.49. The largest absolute Gasteiger partial charge is 0.493 e. The van der Waals surface area contributed by atoms with E-state index < -0.39 is 6.03 Å². The first-order valence-electron chi connectivity index (χ1n) is 6.62. The molecule has 5 heteroatoms. The van der Waals surface area contributed by atoms with Crippen molar-refractivity contribution >= 4 is 16.8 Å². The van der Waals surface area contributed by atoms with Crippen LogP contribution in [-0.4, -0.2) is 24.3 Å². The van der Waals surface area contributed by atoms with E-state index in [1.54, 1.807) is 0 Å². The van der Waals surface area contributed by atoms with Gasteiger partial charge in [0.2, 0.25) is 0 Å². The van der Waals surface area contributed by atoms with Gasteiger partial charge in [-0.3, -0.25) is 4.84 Å². The molecule has 0 spiro atoms. The van der Waals surface area contributed by atoms with Gasteiger partial charge in [-0.2, -0.15) is 5.06 Å². The molecule has 2 aromatic rings. The number of urea groups is 1. The van der Waals surface area contributed by atoms with Crippen LogP contribution in [0.5, 0.6) is 5.75 Å². The fourth-order valence-electron chi connectivity index (χ4n) is 3.14. The molecule has 0 saturated carbocycles. The lowest BCUT2D eigenvalue weighted by Crippen LogP contribution is -2.38.